The summed E-state index contributed by atoms with van der Waals surface area (Å²) >= 11 is 3.47. The van der Waals surface area contributed by atoms with Crippen molar-refractivity contribution in [2.45, 2.75) is 58.6 Å². The van der Waals surface area contributed by atoms with E-state index in [1.807, 2.05) is 17.4 Å². The van der Waals surface area contributed by atoms with Gasteiger partial charge in [-0.25, -0.2) is 4.79 Å². The Morgan fingerprint density at radius 1 is 0.970 bits per heavy atom. The number of aryl methyl sites for hydroxylation is 1. The van der Waals surface area contributed by atoms with Gasteiger partial charge >= 0.3 is 5.97 Å². The number of unbranched alkanes of at least 4 members (excludes halogenated alkanes) is 3. The van der Waals surface area contributed by atoms with E-state index in [9.17, 15) is 9.59 Å². The van der Waals surface area contributed by atoms with Crippen molar-refractivity contribution in [1.82, 2.24) is 5.32 Å². The van der Waals surface area contributed by atoms with Crippen molar-refractivity contribution < 1.29 is 14.3 Å². The minimum Gasteiger partial charge on any atom is -0.458 e. The molecule has 172 valence electrons. The number of carbonyl (C=O) groups is 2. The summed E-state index contributed by atoms with van der Waals surface area (Å²) in [6.07, 6.45) is 11.5. The third-order valence-corrected chi connectivity index (χ3v) is 7.61. The topological polar surface area (TPSA) is 55.4 Å². The van der Waals surface area contributed by atoms with Crippen LogP contribution in [-0.4, -0.2) is 17.9 Å². The Morgan fingerprint density at radius 3 is 2.30 bits per heavy atom. The van der Waals surface area contributed by atoms with Crippen LogP contribution in [0.15, 0.2) is 48.5 Å². The number of hydrogen-bond acceptors (Lipinski definition) is 5. The maximum atomic E-state index is 12.4. The van der Waals surface area contributed by atoms with Crippen molar-refractivity contribution in [3.8, 4) is 22.1 Å². The first kappa shape index (κ1) is 24.8. The van der Waals surface area contributed by atoms with Crippen molar-refractivity contribution >= 4 is 34.6 Å². The minimum atomic E-state index is -0.753. The van der Waals surface area contributed by atoms with Gasteiger partial charge in [-0.1, -0.05) is 32.1 Å². The van der Waals surface area contributed by atoms with Gasteiger partial charge in [-0.2, -0.15) is 0 Å². The molecule has 0 spiro atoms. The fourth-order valence-electron chi connectivity index (χ4n) is 3.28. The molecule has 1 aromatic carbocycles. The molecule has 4 nitrogen and oxygen atoms in total. The third kappa shape index (κ3) is 7.31. The smallest absolute Gasteiger partial charge is 0.328 e. The standard InChI is InChI=1S/C27H29NO3S2/c1-4-6-7-8-9-22-14-16-24(32-22)25-17-15-23(33-25)18-31-27(30)19(3)28-26(29)21-12-10-20(5-2)11-13-21/h2,10-17,19H,4,6-9,18H2,1,3H3,(H,28,29)/t19-/m0/s1. The predicted molar refractivity (Wildman–Crippen MR) is 137 cm³/mol. The molecule has 1 atom stereocenters. The molecule has 1 N–H and O–H groups in total. The van der Waals surface area contributed by atoms with E-state index in [1.165, 1.54) is 40.3 Å². The highest BCUT2D eigenvalue weighted by atomic mass is 32.1. The van der Waals surface area contributed by atoms with Crippen LogP contribution in [0.1, 0.15) is 65.2 Å². The van der Waals surface area contributed by atoms with E-state index in [4.69, 9.17) is 11.2 Å². The first-order valence-electron chi connectivity index (χ1n) is 11.2. The second-order valence-corrected chi connectivity index (χ2v) is 10.2. The third-order valence-electron chi connectivity index (χ3n) is 5.21. The van der Waals surface area contributed by atoms with Crippen LogP contribution < -0.4 is 5.32 Å². The monoisotopic (exact) mass is 479 g/mol. The highest BCUT2D eigenvalue weighted by Crippen LogP contribution is 2.34. The molecule has 0 radical (unpaired) electrons. The Kier molecular flexibility index (Phi) is 9.29. The van der Waals surface area contributed by atoms with Gasteiger partial charge in [0.25, 0.3) is 5.91 Å². The molecule has 3 aromatic rings. The van der Waals surface area contributed by atoms with Gasteiger partial charge in [0.2, 0.25) is 0 Å². The van der Waals surface area contributed by atoms with E-state index in [-0.39, 0.29) is 12.5 Å². The van der Waals surface area contributed by atoms with Gasteiger partial charge in [-0.15, -0.1) is 29.1 Å². The molecular weight excluding hydrogens is 450 g/mol. The SMILES string of the molecule is C#Cc1ccc(C(=O)N[C@@H](C)C(=O)OCc2ccc(-c3ccc(CCCCCC)s3)s2)cc1. The maximum absolute atomic E-state index is 12.4. The van der Waals surface area contributed by atoms with Crippen LogP contribution in [0, 0.1) is 12.3 Å². The summed E-state index contributed by atoms with van der Waals surface area (Å²) in [6, 6.07) is 14.4. The van der Waals surface area contributed by atoms with Crippen molar-refractivity contribution in [1.29, 1.82) is 0 Å². The molecule has 3 rings (SSSR count). The second-order valence-electron chi connectivity index (χ2n) is 7.87. The molecule has 1 amide bonds. The number of thiophene rings is 2. The maximum Gasteiger partial charge on any atom is 0.328 e. The molecule has 0 aliphatic heterocycles. The Morgan fingerprint density at radius 2 is 1.64 bits per heavy atom. The van der Waals surface area contributed by atoms with Crippen LogP contribution in [0.2, 0.25) is 0 Å². The summed E-state index contributed by atoms with van der Waals surface area (Å²) in [5, 5.41) is 2.67. The number of terminal acetylenes is 1. The Balaban J connectivity index is 1.47. The lowest BCUT2D eigenvalue weighted by Gasteiger charge is -2.13. The number of rotatable bonds is 11. The lowest BCUT2D eigenvalue weighted by Crippen LogP contribution is -2.39. The van der Waals surface area contributed by atoms with Gasteiger partial charge in [0.05, 0.1) is 0 Å². The largest absolute Gasteiger partial charge is 0.458 e. The molecule has 0 unspecified atom stereocenters. The van der Waals surface area contributed by atoms with Crippen molar-refractivity contribution in [3.63, 3.8) is 0 Å². The fraction of sp³-hybridized carbons (Fsp3) is 0.333. The zero-order valence-electron chi connectivity index (χ0n) is 19.1. The Hall–Kier alpha value is -2.88. The number of ether oxygens (including phenoxy) is 1. The first-order chi connectivity index (χ1) is 16.0. The number of carbonyl (C=O) groups excluding carboxylic acids is 2. The Labute approximate surface area is 204 Å². The predicted octanol–water partition coefficient (Wildman–Crippen LogP) is 6.44. The lowest BCUT2D eigenvalue weighted by atomic mass is 10.1. The van der Waals surface area contributed by atoms with E-state index in [2.05, 4.69) is 36.4 Å². The van der Waals surface area contributed by atoms with Crippen LogP contribution in [0.4, 0.5) is 0 Å². The average molecular weight is 480 g/mol. The van der Waals surface area contributed by atoms with E-state index in [1.54, 1.807) is 42.5 Å². The molecule has 6 heteroatoms. The summed E-state index contributed by atoms with van der Waals surface area (Å²) in [5.41, 5.74) is 1.14. The molecule has 0 aliphatic rings. The van der Waals surface area contributed by atoms with Crippen LogP contribution >= 0.6 is 22.7 Å². The van der Waals surface area contributed by atoms with Crippen molar-refractivity contribution in [2.75, 3.05) is 0 Å². The molecular formula is C27H29NO3S2. The minimum absolute atomic E-state index is 0.190. The molecule has 0 saturated heterocycles. The molecule has 33 heavy (non-hydrogen) atoms. The van der Waals surface area contributed by atoms with E-state index < -0.39 is 12.0 Å². The van der Waals surface area contributed by atoms with E-state index in [0.717, 1.165) is 11.3 Å². The molecule has 2 heterocycles. The van der Waals surface area contributed by atoms with Crippen molar-refractivity contribution in [2.24, 2.45) is 0 Å². The zero-order valence-corrected chi connectivity index (χ0v) is 20.7. The highest BCUT2D eigenvalue weighted by Gasteiger charge is 2.18. The van der Waals surface area contributed by atoms with Crippen LogP contribution in [0.25, 0.3) is 9.75 Å². The molecule has 0 fully saturated rings. The number of benzene rings is 1. The summed E-state index contributed by atoms with van der Waals surface area (Å²) in [7, 11) is 0. The van der Waals surface area contributed by atoms with Gasteiger partial charge in [-0.05, 0) is 68.3 Å². The molecule has 0 bridgehead atoms. The van der Waals surface area contributed by atoms with Gasteiger partial charge in [0, 0.05) is 30.6 Å². The fourth-order valence-corrected chi connectivity index (χ4v) is 5.34. The number of hydrogen-bond donors (Lipinski definition) is 1. The van der Waals surface area contributed by atoms with Crippen LogP contribution in [-0.2, 0) is 22.6 Å². The molecule has 2 aromatic heterocycles. The van der Waals surface area contributed by atoms with Gasteiger partial charge in [-0.3, -0.25) is 4.79 Å². The van der Waals surface area contributed by atoms with Gasteiger partial charge in [0.15, 0.2) is 0 Å². The number of amides is 1. The quantitative estimate of drug-likeness (QED) is 0.196. The van der Waals surface area contributed by atoms with Crippen LogP contribution in [0.3, 0.4) is 0 Å². The molecule has 0 saturated carbocycles. The van der Waals surface area contributed by atoms with E-state index in [0.29, 0.717) is 11.1 Å². The Bertz CT molecular complexity index is 1110. The summed E-state index contributed by atoms with van der Waals surface area (Å²) in [4.78, 5) is 29.5. The number of nitrogens with one attached hydrogen (secondary N) is 1. The second kappa shape index (κ2) is 12.4. The van der Waals surface area contributed by atoms with Gasteiger partial charge in [0.1, 0.15) is 12.6 Å². The summed E-state index contributed by atoms with van der Waals surface area (Å²) in [5.74, 6) is 1.69. The van der Waals surface area contributed by atoms with Gasteiger partial charge < -0.3 is 10.1 Å². The van der Waals surface area contributed by atoms with E-state index >= 15 is 0 Å². The van der Waals surface area contributed by atoms with Crippen molar-refractivity contribution in [3.05, 3.63) is 69.4 Å². The average Bonchev–Trinajstić information content (AvgIpc) is 3.50. The zero-order chi connectivity index (χ0) is 23.6. The number of esters is 1. The summed E-state index contributed by atoms with van der Waals surface area (Å²) < 4.78 is 5.43. The van der Waals surface area contributed by atoms with Crippen LogP contribution in [0.5, 0.6) is 0 Å². The molecule has 0 aliphatic carbocycles. The highest BCUT2D eigenvalue weighted by molar-refractivity contribution is 7.22. The first-order valence-corrected chi connectivity index (χ1v) is 12.9. The summed E-state index contributed by atoms with van der Waals surface area (Å²) in [6.45, 7) is 4.03. The normalized spacial score (nSPS) is 11.5. The lowest BCUT2D eigenvalue weighted by molar-refractivity contribution is -0.146.